The number of ether oxygens (including phenoxy) is 3. The predicted molar refractivity (Wildman–Crippen MR) is 114 cm³/mol. The van der Waals surface area contributed by atoms with E-state index in [-0.39, 0.29) is 29.4 Å². The molecular formula is C24H18FNO7. The molecule has 1 atom stereocenters. The van der Waals surface area contributed by atoms with Crippen molar-refractivity contribution in [2.45, 2.75) is 13.0 Å². The van der Waals surface area contributed by atoms with Gasteiger partial charge in [-0.1, -0.05) is 0 Å². The molecule has 0 radical (unpaired) electrons. The Morgan fingerprint density at radius 2 is 1.88 bits per heavy atom. The number of Topliss-reactive ketones (excluding diaryl/α,β-unsaturated/α-hetero) is 1. The first-order chi connectivity index (χ1) is 15.9. The van der Waals surface area contributed by atoms with Gasteiger partial charge in [-0.2, -0.15) is 0 Å². The fraction of sp³-hybridized carbons (Fsp3) is 0.167. The van der Waals surface area contributed by atoms with E-state index < -0.39 is 29.3 Å². The third-order valence-corrected chi connectivity index (χ3v) is 5.53. The molecule has 33 heavy (non-hydrogen) atoms. The minimum absolute atomic E-state index is 0.0395. The number of rotatable bonds is 4. The maximum Gasteiger partial charge on any atom is 0.300 e. The van der Waals surface area contributed by atoms with Crippen LogP contribution in [0.5, 0.6) is 17.2 Å². The highest BCUT2D eigenvalue weighted by Gasteiger charge is 2.49. The number of aryl methyl sites for hydroxylation is 1. The number of hydrogen-bond acceptors (Lipinski definition) is 7. The summed E-state index contributed by atoms with van der Waals surface area (Å²) in [6, 6.07) is 10.5. The average molecular weight is 451 g/mol. The Balaban J connectivity index is 1.73. The van der Waals surface area contributed by atoms with Gasteiger partial charge in [0, 0.05) is 11.8 Å². The third-order valence-electron chi connectivity index (χ3n) is 5.53. The van der Waals surface area contributed by atoms with Crippen LogP contribution in [0.2, 0.25) is 0 Å². The number of methoxy groups -OCH3 is 1. The minimum atomic E-state index is -1.10. The van der Waals surface area contributed by atoms with Crippen LogP contribution in [0.15, 0.2) is 58.5 Å². The first-order valence-corrected chi connectivity index (χ1v) is 10.00. The van der Waals surface area contributed by atoms with Crippen molar-refractivity contribution < 1.29 is 37.7 Å². The predicted octanol–water partition coefficient (Wildman–Crippen LogP) is 4.09. The van der Waals surface area contributed by atoms with Crippen LogP contribution in [-0.2, 0) is 9.59 Å². The Hall–Kier alpha value is -4.27. The second-order valence-electron chi connectivity index (χ2n) is 7.50. The van der Waals surface area contributed by atoms with E-state index in [9.17, 15) is 19.1 Å². The summed E-state index contributed by atoms with van der Waals surface area (Å²) in [5.41, 5.74) is 0.0241. The van der Waals surface area contributed by atoms with E-state index in [0.717, 1.165) is 12.1 Å². The van der Waals surface area contributed by atoms with Crippen LogP contribution in [0.4, 0.5) is 10.1 Å². The summed E-state index contributed by atoms with van der Waals surface area (Å²) in [6.07, 6.45) is 0. The molecule has 168 valence electrons. The molecule has 1 unspecified atom stereocenters. The number of carbonyl (C=O) groups is 2. The third kappa shape index (κ3) is 3.29. The molecule has 2 aliphatic heterocycles. The lowest BCUT2D eigenvalue weighted by molar-refractivity contribution is -0.132. The zero-order chi connectivity index (χ0) is 23.3. The molecule has 5 rings (SSSR count). The average Bonchev–Trinajstić information content (AvgIpc) is 3.51. The molecule has 3 heterocycles. The molecule has 0 saturated carbocycles. The van der Waals surface area contributed by atoms with Gasteiger partial charge in [0.15, 0.2) is 11.5 Å². The van der Waals surface area contributed by atoms with Gasteiger partial charge in [-0.25, -0.2) is 4.39 Å². The summed E-state index contributed by atoms with van der Waals surface area (Å²) >= 11 is 0. The molecule has 9 heteroatoms. The van der Waals surface area contributed by atoms with Crippen molar-refractivity contribution in [1.82, 2.24) is 0 Å². The standard InChI is InChI=1S/C24H18FNO7/c1-12-3-6-18(33-12)21-20(22(27)15-9-13(25)4-7-16(15)30-2)23(28)24(29)26(21)14-5-8-17-19(10-14)32-11-31-17/h3-10,21,27H,11H2,1-2H3/b22-20-. The first kappa shape index (κ1) is 20.6. The highest BCUT2D eigenvalue weighted by Crippen LogP contribution is 2.45. The van der Waals surface area contributed by atoms with E-state index >= 15 is 0 Å². The van der Waals surface area contributed by atoms with E-state index in [2.05, 4.69) is 0 Å². The summed E-state index contributed by atoms with van der Waals surface area (Å²) in [5, 5.41) is 11.1. The van der Waals surface area contributed by atoms with Gasteiger partial charge in [0.1, 0.15) is 34.9 Å². The summed E-state index contributed by atoms with van der Waals surface area (Å²) in [5.74, 6) is -1.20. The number of nitrogens with zero attached hydrogens (tertiary/aromatic N) is 1. The highest BCUT2D eigenvalue weighted by molar-refractivity contribution is 6.51. The molecule has 3 aromatic rings. The maximum absolute atomic E-state index is 14.0. The van der Waals surface area contributed by atoms with Crippen LogP contribution in [0.25, 0.3) is 5.76 Å². The Bertz CT molecular complexity index is 1330. The van der Waals surface area contributed by atoms with Crippen LogP contribution in [0.1, 0.15) is 23.1 Å². The lowest BCUT2D eigenvalue weighted by Crippen LogP contribution is -2.29. The number of fused-ring (bicyclic) bond motifs is 1. The fourth-order valence-corrected chi connectivity index (χ4v) is 4.01. The molecule has 1 amide bonds. The van der Waals surface area contributed by atoms with Crippen LogP contribution < -0.4 is 19.1 Å². The van der Waals surface area contributed by atoms with Gasteiger partial charge in [-0.15, -0.1) is 0 Å². The fourth-order valence-electron chi connectivity index (χ4n) is 4.01. The van der Waals surface area contributed by atoms with Crippen molar-refractivity contribution in [1.29, 1.82) is 0 Å². The van der Waals surface area contributed by atoms with Crippen molar-refractivity contribution in [3.63, 3.8) is 0 Å². The van der Waals surface area contributed by atoms with Crippen molar-refractivity contribution in [2.75, 3.05) is 18.8 Å². The van der Waals surface area contributed by atoms with E-state index in [4.69, 9.17) is 18.6 Å². The summed E-state index contributed by atoms with van der Waals surface area (Å²) < 4.78 is 35.7. The highest BCUT2D eigenvalue weighted by atomic mass is 19.1. The largest absolute Gasteiger partial charge is 0.507 e. The van der Waals surface area contributed by atoms with E-state index in [1.807, 2.05) is 0 Å². The van der Waals surface area contributed by atoms with Gasteiger partial charge in [-0.3, -0.25) is 14.5 Å². The monoisotopic (exact) mass is 451 g/mol. The van der Waals surface area contributed by atoms with Gasteiger partial charge in [-0.05, 0) is 49.4 Å². The second-order valence-corrected chi connectivity index (χ2v) is 7.50. The molecular weight excluding hydrogens is 433 g/mol. The lowest BCUT2D eigenvalue weighted by atomic mass is 9.98. The molecule has 1 N–H and O–H groups in total. The van der Waals surface area contributed by atoms with E-state index in [1.165, 1.54) is 18.1 Å². The van der Waals surface area contributed by atoms with Crippen LogP contribution in [0, 0.1) is 12.7 Å². The SMILES string of the molecule is COc1ccc(F)cc1/C(O)=C1/C(=O)C(=O)N(c2ccc3c(c2)OCO3)C1c1ccc(C)o1. The summed E-state index contributed by atoms with van der Waals surface area (Å²) in [6.45, 7) is 1.75. The molecule has 2 aliphatic rings. The number of aliphatic hydroxyl groups excluding tert-OH is 1. The number of aliphatic hydroxyl groups is 1. The normalized spacial score (nSPS) is 18.8. The number of halogens is 1. The Morgan fingerprint density at radius 3 is 2.61 bits per heavy atom. The Kier molecular flexibility index (Phi) is 4.81. The topological polar surface area (TPSA) is 98.4 Å². The van der Waals surface area contributed by atoms with Gasteiger partial charge in [0.25, 0.3) is 11.7 Å². The molecule has 1 saturated heterocycles. The van der Waals surface area contributed by atoms with Crippen LogP contribution in [0.3, 0.4) is 0 Å². The molecule has 8 nitrogen and oxygen atoms in total. The summed E-state index contributed by atoms with van der Waals surface area (Å²) in [4.78, 5) is 27.6. The van der Waals surface area contributed by atoms with Crippen molar-refractivity contribution in [3.05, 3.63) is 77.0 Å². The van der Waals surface area contributed by atoms with E-state index in [0.29, 0.717) is 22.9 Å². The number of carbonyl (C=O) groups excluding carboxylic acids is 2. The molecule has 0 bridgehead atoms. The number of furan rings is 1. The minimum Gasteiger partial charge on any atom is -0.507 e. The van der Waals surface area contributed by atoms with Crippen molar-refractivity contribution in [2.24, 2.45) is 0 Å². The van der Waals surface area contributed by atoms with Crippen molar-refractivity contribution >= 4 is 23.1 Å². The van der Waals surface area contributed by atoms with Gasteiger partial charge in [0.05, 0.1) is 18.2 Å². The second kappa shape index (κ2) is 7.70. The lowest BCUT2D eigenvalue weighted by Gasteiger charge is -2.23. The number of ketones is 1. The number of benzene rings is 2. The van der Waals surface area contributed by atoms with Gasteiger partial charge >= 0.3 is 0 Å². The molecule has 1 aromatic heterocycles. The number of hydrogen-bond donors (Lipinski definition) is 1. The first-order valence-electron chi connectivity index (χ1n) is 10.00. The smallest absolute Gasteiger partial charge is 0.300 e. The van der Waals surface area contributed by atoms with Crippen molar-refractivity contribution in [3.8, 4) is 17.2 Å². The Labute approximate surface area is 187 Å². The van der Waals surface area contributed by atoms with Gasteiger partial charge in [0.2, 0.25) is 6.79 Å². The zero-order valence-corrected chi connectivity index (χ0v) is 17.6. The molecule has 2 aromatic carbocycles. The molecule has 0 aliphatic carbocycles. The molecule has 0 spiro atoms. The number of amides is 1. The zero-order valence-electron chi connectivity index (χ0n) is 17.6. The summed E-state index contributed by atoms with van der Waals surface area (Å²) in [7, 11) is 1.35. The molecule has 1 fully saturated rings. The maximum atomic E-state index is 14.0. The van der Waals surface area contributed by atoms with Gasteiger partial charge < -0.3 is 23.7 Å². The Morgan fingerprint density at radius 1 is 1.09 bits per heavy atom. The number of anilines is 1. The van der Waals surface area contributed by atoms with Crippen LogP contribution >= 0.6 is 0 Å². The van der Waals surface area contributed by atoms with Crippen LogP contribution in [-0.4, -0.2) is 30.7 Å². The quantitative estimate of drug-likeness (QED) is 0.362. The van der Waals surface area contributed by atoms with E-state index in [1.54, 1.807) is 37.3 Å².